The van der Waals surface area contributed by atoms with E-state index in [0.29, 0.717) is 5.56 Å². The highest BCUT2D eigenvalue weighted by Crippen LogP contribution is 2.42. The van der Waals surface area contributed by atoms with E-state index in [2.05, 4.69) is 6.07 Å². The highest BCUT2D eigenvalue weighted by Gasteiger charge is 2.44. The van der Waals surface area contributed by atoms with Crippen LogP contribution in [0.4, 0.5) is 0 Å². The van der Waals surface area contributed by atoms with Crippen molar-refractivity contribution in [2.24, 2.45) is 0 Å². The van der Waals surface area contributed by atoms with Crippen molar-refractivity contribution in [3.8, 4) is 6.07 Å². The maximum Gasteiger partial charge on any atom is 0.316 e. The van der Waals surface area contributed by atoms with Crippen molar-refractivity contribution in [2.75, 3.05) is 0 Å². The molecule has 3 heteroatoms. The summed E-state index contributed by atoms with van der Waals surface area (Å²) in [5, 5.41) is 8.81. The van der Waals surface area contributed by atoms with Crippen LogP contribution in [0.1, 0.15) is 42.4 Å². The van der Waals surface area contributed by atoms with E-state index in [1.54, 1.807) is 12.1 Å². The van der Waals surface area contributed by atoms with Gasteiger partial charge in [0, 0.05) is 0 Å². The smallest absolute Gasteiger partial charge is 0.316 e. The first-order valence-electron chi connectivity index (χ1n) is 7.96. The van der Waals surface area contributed by atoms with Gasteiger partial charge in [-0.15, -0.1) is 0 Å². The van der Waals surface area contributed by atoms with Crippen LogP contribution in [-0.4, -0.2) is 5.97 Å². The summed E-state index contributed by atoms with van der Waals surface area (Å²) in [6.45, 7) is 0.249. The van der Waals surface area contributed by atoms with Crippen molar-refractivity contribution in [1.29, 1.82) is 5.26 Å². The number of ether oxygens (including phenoxy) is 1. The molecule has 1 fully saturated rings. The molecule has 0 aliphatic heterocycles. The molecule has 0 spiro atoms. The van der Waals surface area contributed by atoms with Gasteiger partial charge in [0.25, 0.3) is 0 Å². The lowest BCUT2D eigenvalue weighted by Gasteiger charge is -2.27. The lowest BCUT2D eigenvalue weighted by molar-refractivity contribution is -0.152. The summed E-state index contributed by atoms with van der Waals surface area (Å²) in [4.78, 5) is 12.8. The number of hydrogen-bond acceptors (Lipinski definition) is 3. The Labute approximate surface area is 136 Å². The standard InChI is InChI=1S/C20H19NO2/c21-14-16-8-10-17(11-9-16)15-23-19(22)20(12-4-5-13-20)18-6-2-1-3-7-18/h1-3,6-11H,4-5,12-13,15H2. The third kappa shape index (κ3) is 3.12. The number of nitrogens with zero attached hydrogens (tertiary/aromatic N) is 1. The van der Waals surface area contributed by atoms with Gasteiger partial charge in [0.2, 0.25) is 0 Å². The van der Waals surface area contributed by atoms with Crippen LogP contribution in [0.25, 0.3) is 0 Å². The lowest BCUT2D eigenvalue weighted by Crippen LogP contribution is -2.34. The van der Waals surface area contributed by atoms with Crippen molar-refractivity contribution < 1.29 is 9.53 Å². The molecular weight excluding hydrogens is 286 g/mol. The van der Waals surface area contributed by atoms with Crippen molar-refractivity contribution >= 4 is 5.97 Å². The van der Waals surface area contributed by atoms with Gasteiger partial charge in [0.15, 0.2) is 0 Å². The van der Waals surface area contributed by atoms with E-state index in [4.69, 9.17) is 10.00 Å². The van der Waals surface area contributed by atoms with Crippen LogP contribution in [-0.2, 0) is 21.6 Å². The molecule has 0 bridgehead atoms. The van der Waals surface area contributed by atoms with Gasteiger partial charge >= 0.3 is 5.97 Å². The monoisotopic (exact) mass is 305 g/mol. The molecule has 116 valence electrons. The average Bonchev–Trinajstić information content (AvgIpc) is 3.12. The van der Waals surface area contributed by atoms with E-state index < -0.39 is 5.41 Å². The minimum absolute atomic E-state index is 0.134. The topological polar surface area (TPSA) is 50.1 Å². The minimum atomic E-state index is -0.492. The number of carbonyl (C=O) groups is 1. The third-order valence-electron chi connectivity index (χ3n) is 4.63. The summed E-state index contributed by atoms with van der Waals surface area (Å²) in [5.41, 5.74) is 2.07. The lowest BCUT2D eigenvalue weighted by atomic mass is 9.79. The second kappa shape index (κ2) is 6.66. The highest BCUT2D eigenvalue weighted by molar-refractivity contribution is 5.83. The summed E-state index contributed by atoms with van der Waals surface area (Å²) in [7, 11) is 0. The Hall–Kier alpha value is -2.60. The fraction of sp³-hybridized carbons (Fsp3) is 0.300. The number of nitriles is 1. The molecule has 2 aromatic rings. The van der Waals surface area contributed by atoms with Crippen LogP contribution >= 0.6 is 0 Å². The van der Waals surface area contributed by atoms with E-state index in [-0.39, 0.29) is 12.6 Å². The number of esters is 1. The van der Waals surface area contributed by atoms with Crippen molar-refractivity contribution in [1.82, 2.24) is 0 Å². The molecule has 23 heavy (non-hydrogen) atoms. The molecule has 1 aliphatic rings. The fourth-order valence-corrected chi connectivity index (χ4v) is 3.31. The third-order valence-corrected chi connectivity index (χ3v) is 4.63. The summed E-state index contributed by atoms with van der Waals surface area (Å²) < 4.78 is 5.62. The van der Waals surface area contributed by atoms with Crippen LogP contribution in [0, 0.1) is 11.3 Å². The van der Waals surface area contributed by atoms with E-state index in [1.165, 1.54) is 0 Å². The molecule has 0 aromatic heterocycles. The maximum atomic E-state index is 12.8. The summed E-state index contributed by atoms with van der Waals surface area (Å²) in [5.74, 6) is -0.134. The zero-order valence-electron chi connectivity index (χ0n) is 13.0. The average molecular weight is 305 g/mol. The first-order chi connectivity index (χ1) is 11.2. The molecule has 1 saturated carbocycles. The Balaban J connectivity index is 1.73. The molecule has 0 unspecified atom stereocenters. The summed E-state index contributed by atoms with van der Waals surface area (Å²) in [6.07, 6.45) is 3.81. The Morgan fingerprint density at radius 3 is 2.30 bits per heavy atom. The molecule has 1 aliphatic carbocycles. The number of rotatable bonds is 4. The maximum absolute atomic E-state index is 12.8. The van der Waals surface area contributed by atoms with E-state index in [0.717, 1.165) is 36.8 Å². The van der Waals surface area contributed by atoms with E-state index in [1.807, 2.05) is 42.5 Å². The first kappa shape index (κ1) is 15.3. The normalized spacial score (nSPS) is 15.8. The SMILES string of the molecule is N#Cc1ccc(COC(=O)C2(c3ccccc3)CCCC2)cc1. The molecule has 3 rings (SSSR count). The fourth-order valence-electron chi connectivity index (χ4n) is 3.31. The molecule has 0 heterocycles. The summed E-state index contributed by atoms with van der Waals surface area (Å²) in [6, 6.07) is 19.2. The zero-order chi connectivity index (χ0) is 16.1. The predicted octanol–water partition coefficient (Wildman–Crippen LogP) is 4.11. The van der Waals surface area contributed by atoms with Crippen LogP contribution in [0.2, 0.25) is 0 Å². The number of hydrogen-bond donors (Lipinski definition) is 0. The van der Waals surface area contributed by atoms with Crippen LogP contribution < -0.4 is 0 Å². The minimum Gasteiger partial charge on any atom is -0.460 e. The van der Waals surface area contributed by atoms with Crippen LogP contribution in [0.3, 0.4) is 0 Å². The van der Waals surface area contributed by atoms with Gasteiger partial charge < -0.3 is 4.74 Å². The molecule has 0 saturated heterocycles. The Morgan fingerprint density at radius 2 is 1.70 bits per heavy atom. The molecule has 0 amide bonds. The predicted molar refractivity (Wildman–Crippen MR) is 87.5 cm³/mol. The molecule has 2 aromatic carbocycles. The van der Waals surface area contributed by atoms with Crippen LogP contribution in [0.15, 0.2) is 54.6 Å². The molecular formula is C20H19NO2. The van der Waals surface area contributed by atoms with Crippen LogP contribution in [0.5, 0.6) is 0 Å². The Bertz CT molecular complexity index is 708. The highest BCUT2D eigenvalue weighted by atomic mass is 16.5. The number of carbonyl (C=O) groups excluding carboxylic acids is 1. The van der Waals surface area contributed by atoms with Gasteiger partial charge in [0.1, 0.15) is 6.61 Å². The van der Waals surface area contributed by atoms with Gasteiger partial charge in [-0.25, -0.2) is 0 Å². The van der Waals surface area contributed by atoms with Gasteiger partial charge in [-0.1, -0.05) is 55.3 Å². The largest absolute Gasteiger partial charge is 0.460 e. The molecule has 0 N–H and O–H groups in total. The second-order valence-corrected chi connectivity index (χ2v) is 6.04. The number of benzene rings is 2. The molecule has 3 nitrogen and oxygen atoms in total. The van der Waals surface area contributed by atoms with E-state index >= 15 is 0 Å². The Morgan fingerprint density at radius 1 is 1.04 bits per heavy atom. The van der Waals surface area contributed by atoms with Crippen molar-refractivity contribution in [3.05, 3.63) is 71.3 Å². The molecule has 0 radical (unpaired) electrons. The van der Waals surface area contributed by atoms with Gasteiger partial charge in [-0.2, -0.15) is 5.26 Å². The van der Waals surface area contributed by atoms with E-state index in [9.17, 15) is 4.79 Å². The zero-order valence-corrected chi connectivity index (χ0v) is 13.0. The van der Waals surface area contributed by atoms with Gasteiger partial charge in [-0.3, -0.25) is 4.79 Å². The van der Waals surface area contributed by atoms with Crippen molar-refractivity contribution in [3.63, 3.8) is 0 Å². The second-order valence-electron chi connectivity index (χ2n) is 6.04. The summed E-state index contributed by atoms with van der Waals surface area (Å²) >= 11 is 0. The Kier molecular flexibility index (Phi) is 4.43. The molecule has 0 atom stereocenters. The van der Waals surface area contributed by atoms with Gasteiger partial charge in [0.05, 0.1) is 17.0 Å². The van der Waals surface area contributed by atoms with Crippen molar-refractivity contribution in [2.45, 2.75) is 37.7 Å². The first-order valence-corrected chi connectivity index (χ1v) is 7.96. The quantitative estimate of drug-likeness (QED) is 0.799. The van der Waals surface area contributed by atoms with Gasteiger partial charge in [-0.05, 0) is 36.1 Å².